The van der Waals surface area contributed by atoms with Gasteiger partial charge in [-0.25, -0.2) is 0 Å². The summed E-state index contributed by atoms with van der Waals surface area (Å²) in [6, 6.07) is 18.7. The number of carbonyl (C=O) groups excluding carboxylic acids is 2. The highest BCUT2D eigenvalue weighted by Crippen LogP contribution is 2.42. The maximum Gasteiger partial charge on any atom is 0.263 e. The molecule has 0 saturated heterocycles. The number of Topliss-reactive ketones (excluding diaryl/α,β-unsaturated/α-hetero) is 1. The standard InChI is InChI=1S/C26H30N2O3/c29-24(21-9-3-1-4-10-21)15-16-27-17-19-28(20-18-27)25(30)26(31,23-13-7-8-14-23)22-11-5-2-6-12-22/h1-6,9-12,17,19,23,31H,7-8,13-16,18,20H2. The van der Waals surface area contributed by atoms with Crippen molar-refractivity contribution < 1.29 is 14.7 Å². The van der Waals surface area contributed by atoms with Crippen LogP contribution in [-0.2, 0) is 10.4 Å². The normalized spacial score (nSPS) is 18.7. The molecule has 1 heterocycles. The molecule has 1 unspecified atom stereocenters. The molecule has 2 aliphatic rings. The van der Waals surface area contributed by atoms with Crippen LogP contribution in [0, 0.1) is 5.92 Å². The molecule has 5 heteroatoms. The Balaban J connectivity index is 1.42. The van der Waals surface area contributed by atoms with Crippen LogP contribution >= 0.6 is 0 Å². The van der Waals surface area contributed by atoms with Gasteiger partial charge in [0.05, 0.1) is 0 Å². The Morgan fingerprint density at radius 1 is 0.903 bits per heavy atom. The zero-order valence-corrected chi connectivity index (χ0v) is 17.8. The maximum absolute atomic E-state index is 13.5. The van der Waals surface area contributed by atoms with Crippen LogP contribution in [0.1, 0.15) is 48.0 Å². The van der Waals surface area contributed by atoms with Crippen molar-refractivity contribution in [2.75, 3.05) is 19.6 Å². The van der Waals surface area contributed by atoms with Gasteiger partial charge in [0.2, 0.25) is 0 Å². The van der Waals surface area contributed by atoms with Gasteiger partial charge >= 0.3 is 0 Å². The van der Waals surface area contributed by atoms with Crippen LogP contribution in [0.25, 0.3) is 0 Å². The number of rotatable bonds is 7. The van der Waals surface area contributed by atoms with Crippen LogP contribution in [0.3, 0.4) is 0 Å². The number of hydrogen-bond acceptors (Lipinski definition) is 4. The van der Waals surface area contributed by atoms with Gasteiger partial charge in [-0.15, -0.1) is 0 Å². The maximum atomic E-state index is 13.5. The summed E-state index contributed by atoms with van der Waals surface area (Å²) in [7, 11) is 0. The van der Waals surface area contributed by atoms with Gasteiger partial charge in [0.25, 0.3) is 5.91 Å². The lowest BCUT2D eigenvalue weighted by Crippen LogP contribution is -2.51. The fourth-order valence-electron chi connectivity index (χ4n) is 4.72. The van der Waals surface area contributed by atoms with Gasteiger partial charge < -0.3 is 14.9 Å². The Morgan fingerprint density at radius 3 is 2.16 bits per heavy atom. The van der Waals surface area contributed by atoms with Gasteiger partial charge in [0.1, 0.15) is 0 Å². The van der Waals surface area contributed by atoms with Crippen LogP contribution in [0.2, 0.25) is 0 Å². The zero-order chi connectivity index (χ0) is 21.7. The molecule has 4 rings (SSSR count). The van der Waals surface area contributed by atoms with E-state index in [-0.39, 0.29) is 17.6 Å². The van der Waals surface area contributed by atoms with E-state index in [9.17, 15) is 14.7 Å². The van der Waals surface area contributed by atoms with E-state index in [0.717, 1.165) is 31.2 Å². The van der Waals surface area contributed by atoms with Gasteiger partial charge in [0, 0.05) is 49.9 Å². The fourth-order valence-corrected chi connectivity index (χ4v) is 4.72. The smallest absolute Gasteiger partial charge is 0.263 e. The summed E-state index contributed by atoms with van der Waals surface area (Å²) in [6.07, 6.45) is 7.86. The third-order valence-electron chi connectivity index (χ3n) is 6.55. The fraction of sp³-hybridized carbons (Fsp3) is 0.385. The number of amides is 1. The minimum Gasteiger partial charge on any atom is -0.375 e. The van der Waals surface area contributed by atoms with Crippen LogP contribution in [-0.4, -0.2) is 46.2 Å². The van der Waals surface area contributed by atoms with E-state index in [1.807, 2.05) is 66.9 Å². The molecule has 2 aromatic rings. The summed E-state index contributed by atoms with van der Waals surface area (Å²) < 4.78 is 0. The second kappa shape index (κ2) is 9.48. The number of benzene rings is 2. The van der Waals surface area contributed by atoms with Crippen molar-refractivity contribution in [2.45, 2.75) is 37.7 Å². The van der Waals surface area contributed by atoms with Crippen molar-refractivity contribution in [2.24, 2.45) is 5.92 Å². The molecule has 0 bridgehead atoms. The van der Waals surface area contributed by atoms with Gasteiger partial charge in [0.15, 0.2) is 11.4 Å². The molecule has 1 amide bonds. The van der Waals surface area contributed by atoms with Crippen molar-refractivity contribution in [3.63, 3.8) is 0 Å². The van der Waals surface area contributed by atoms with Crippen LogP contribution < -0.4 is 0 Å². The summed E-state index contributed by atoms with van der Waals surface area (Å²) in [4.78, 5) is 29.6. The molecule has 0 radical (unpaired) electrons. The first kappa shape index (κ1) is 21.3. The monoisotopic (exact) mass is 418 g/mol. The van der Waals surface area contributed by atoms with E-state index in [4.69, 9.17) is 0 Å². The highest BCUT2D eigenvalue weighted by Gasteiger charge is 2.48. The third kappa shape index (κ3) is 4.57. The Bertz CT molecular complexity index is 922. The van der Waals surface area contributed by atoms with Crippen molar-refractivity contribution >= 4 is 11.7 Å². The number of aliphatic hydroxyl groups is 1. The van der Waals surface area contributed by atoms with E-state index >= 15 is 0 Å². The molecular formula is C26H30N2O3. The predicted molar refractivity (Wildman–Crippen MR) is 120 cm³/mol. The highest BCUT2D eigenvalue weighted by molar-refractivity contribution is 5.96. The molecule has 1 saturated carbocycles. The lowest BCUT2D eigenvalue weighted by Gasteiger charge is -2.39. The summed E-state index contributed by atoms with van der Waals surface area (Å²) in [5.74, 6) is -0.189. The van der Waals surface area contributed by atoms with E-state index in [1.54, 1.807) is 11.1 Å². The first-order valence-electron chi connectivity index (χ1n) is 11.2. The number of ketones is 1. The van der Waals surface area contributed by atoms with Crippen LogP contribution in [0.4, 0.5) is 0 Å². The van der Waals surface area contributed by atoms with E-state index in [2.05, 4.69) is 4.90 Å². The first-order valence-corrected chi connectivity index (χ1v) is 11.2. The van der Waals surface area contributed by atoms with Crippen LogP contribution in [0.5, 0.6) is 0 Å². The Kier molecular flexibility index (Phi) is 6.52. The summed E-state index contributed by atoms with van der Waals surface area (Å²) in [5.41, 5.74) is -0.0888. The van der Waals surface area contributed by atoms with Gasteiger partial charge in [-0.3, -0.25) is 9.59 Å². The minimum atomic E-state index is -1.49. The predicted octanol–water partition coefficient (Wildman–Crippen LogP) is 3.95. The highest BCUT2D eigenvalue weighted by atomic mass is 16.3. The molecule has 0 spiro atoms. The van der Waals surface area contributed by atoms with Crippen molar-refractivity contribution in [1.82, 2.24) is 9.80 Å². The summed E-state index contributed by atoms with van der Waals surface area (Å²) in [6.45, 7) is 1.74. The molecule has 1 atom stereocenters. The number of carbonyl (C=O) groups is 2. The molecule has 1 N–H and O–H groups in total. The van der Waals surface area contributed by atoms with Crippen molar-refractivity contribution in [3.05, 3.63) is 84.2 Å². The molecule has 1 fully saturated rings. The Hall–Kier alpha value is -2.92. The quantitative estimate of drug-likeness (QED) is 0.692. The van der Waals surface area contributed by atoms with Gasteiger partial charge in [-0.05, 0) is 18.4 Å². The number of nitrogens with zero attached hydrogens (tertiary/aromatic N) is 2. The van der Waals surface area contributed by atoms with E-state index < -0.39 is 5.60 Å². The molecule has 0 aromatic heterocycles. The second-order valence-corrected chi connectivity index (χ2v) is 8.49. The lowest BCUT2D eigenvalue weighted by atomic mass is 9.79. The van der Waals surface area contributed by atoms with Gasteiger partial charge in [-0.1, -0.05) is 73.5 Å². The Morgan fingerprint density at radius 2 is 1.55 bits per heavy atom. The van der Waals surface area contributed by atoms with Crippen molar-refractivity contribution in [3.8, 4) is 0 Å². The average Bonchev–Trinajstić information content (AvgIpc) is 3.38. The first-order chi connectivity index (χ1) is 15.1. The van der Waals surface area contributed by atoms with E-state index in [0.29, 0.717) is 31.6 Å². The minimum absolute atomic E-state index is 0.0580. The molecule has 1 aliphatic carbocycles. The molecule has 31 heavy (non-hydrogen) atoms. The Labute approximate surface area is 184 Å². The van der Waals surface area contributed by atoms with Gasteiger partial charge in [-0.2, -0.15) is 0 Å². The zero-order valence-electron chi connectivity index (χ0n) is 17.8. The lowest BCUT2D eigenvalue weighted by molar-refractivity contribution is -0.157. The second-order valence-electron chi connectivity index (χ2n) is 8.49. The van der Waals surface area contributed by atoms with Crippen LogP contribution in [0.15, 0.2) is 73.1 Å². The largest absolute Gasteiger partial charge is 0.375 e. The average molecular weight is 419 g/mol. The summed E-state index contributed by atoms with van der Waals surface area (Å²) >= 11 is 0. The molecule has 1 aliphatic heterocycles. The molecule has 5 nitrogen and oxygen atoms in total. The molecule has 2 aromatic carbocycles. The number of hydrogen-bond donors (Lipinski definition) is 1. The SMILES string of the molecule is O=C(CCN1C=CN(C(=O)C(O)(c2ccccc2)C2CCCC2)CC1)c1ccccc1. The van der Waals surface area contributed by atoms with E-state index in [1.165, 1.54) is 0 Å². The molecule has 162 valence electrons. The third-order valence-corrected chi connectivity index (χ3v) is 6.55. The summed E-state index contributed by atoms with van der Waals surface area (Å²) in [5, 5.41) is 11.7. The topological polar surface area (TPSA) is 60.9 Å². The molecular weight excluding hydrogens is 388 g/mol. The van der Waals surface area contributed by atoms with Crippen molar-refractivity contribution in [1.29, 1.82) is 0 Å².